The Bertz CT molecular complexity index is 314. The number of hydrogen-bond acceptors (Lipinski definition) is 4. The van der Waals surface area contributed by atoms with Crippen LogP contribution in [0.25, 0.3) is 0 Å². The highest BCUT2D eigenvalue weighted by Crippen LogP contribution is 2.21. The maximum Gasteiger partial charge on any atom is 0.0678 e. The van der Waals surface area contributed by atoms with E-state index < -0.39 is 0 Å². The lowest BCUT2D eigenvalue weighted by atomic mass is 10.1. The number of likely N-dealkylation sites (tertiary alicyclic amines) is 1. The summed E-state index contributed by atoms with van der Waals surface area (Å²) in [6.45, 7) is 13.2. The van der Waals surface area contributed by atoms with E-state index in [2.05, 4.69) is 30.2 Å². The Hall–Kier alpha value is -0.420. The van der Waals surface area contributed by atoms with Crippen molar-refractivity contribution in [2.45, 2.75) is 63.9 Å². The zero-order chi connectivity index (χ0) is 15.2. The molecule has 0 radical (unpaired) electrons. The summed E-state index contributed by atoms with van der Waals surface area (Å²) >= 11 is 0. The van der Waals surface area contributed by atoms with E-state index in [1.165, 1.54) is 12.8 Å². The molecular weight excluding hydrogens is 264 g/mol. The average Bonchev–Trinajstić information content (AvgIpc) is 2.82. The minimum absolute atomic E-state index is 0.217. The molecule has 0 spiro atoms. The number of aliphatic hydroxyl groups is 1. The van der Waals surface area contributed by atoms with Crippen LogP contribution in [0.5, 0.6) is 0 Å². The first-order valence-electron chi connectivity index (χ1n) is 8.49. The van der Waals surface area contributed by atoms with Gasteiger partial charge in [-0.3, -0.25) is 9.80 Å². The molecule has 4 heteroatoms. The minimum Gasteiger partial charge on any atom is -0.392 e. The van der Waals surface area contributed by atoms with Gasteiger partial charge in [-0.25, -0.2) is 0 Å². The molecule has 2 aliphatic heterocycles. The first kappa shape index (κ1) is 16.9. The van der Waals surface area contributed by atoms with Crippen molar-refractivity contribution in [3.63, 3.8) is 0 Å². The fourth-order valence-electron chi connectivity index (χ4n) is 3.75. The van der Waals surface area contributed by atoms with Crippen molar-refractivity contribution in [2.24, 2.45) is 0 Å². The summed E-state index contributed by atoms with van der Waals surface area (Å²) < 4.78 is 5.81. The monoisotopic (exact) mass is 296 g/mol. The molecule has 2 heterocycles. The molecule has 0 aliphatic carbocycles. The van der Waals surface area contributed by atoms with Crippen LogP contribution in [0.3, 0.4) is 0 Å². The second kappa shape index (κ2) is 8.28. The van der Waals surface area contributed by atoms with Crippen LogP contribution in [-0.4, -0.2) is 72.0 Å². The standard InChI is InChI=1S/C17H32N2O2/c1-4-5-8-17(20)13-19-9-6-7-16(19)12-18-10-14(2)21-15(3)11-18/h4,14-17,20H,1,5-13H2,2-3H3. The molecule has 0 aromatic rings. The number of nitrogens with zero attached hydrogens (tertiary/aromatic N) is 2. The topological polar surface area (TPSA) is 35.9 Å². The van der Waals surface area contributed by atoms with Crippen molar-refractivity contribution in [1.29, 1.82) is 0 Å². The van der Waals surface area contributed by atoms with Crippen molar-refractivity contribution < 1.29 is 9.84 Å². The Labute approximate surface area is 129 Å². The Morgan fingerprint density at radius 1 is 1.33 bits per heavy atom. The lowest BCUT2D eigenvalue weighted by molar-refractivity contribution is -0.0729. The molecule has 0 bridgehead atoms. The Balaban J connectivity index is 1.79. The van der Waals surface area contributed by atoms with Crippen LogP contribution in [0, 0.1) is 0 Å². The van der Waals surface area contributed by atoms with Gasteiger partial charge >= 0.3 is 0 Å². The van der Waals surface area contributed by atoms with Gasteiger partial charge in [0.1, 0.15) is 0 Å². The van der Waals surface area contributed by atoms with Crippen LogP contribution in [-0.2, 0) is 4.74 Å². The minimum atomic E-state index is -0.217. The van der Waals surface area contributed by atoms with E-state index in [1.807, 2.05) is 6.08 Å². The molecule has 0 aromatic carbocycles. The molecule has 2 aliphatic rings. The van der Waals surface area contributed by atoms with E-state index in [0.29, 0.717) is 18.2 Å². The molecule has 4 nitrogen and oxygen atoms in total. The van der Waals surface area contributed by atoms with Gasteiger partial charge in [-0.1, -0.05) is 6.08 Å². The lowest BCUT2D eigenvalue weighted by Gasteiger charge is -2.38. The van der Waals surface area contributed by atoms with Crippen LogP contribution in [0.1, 0.15) is 39.5 Å². The first-order chi connectivity index (χ1) is 10.1. The highest BCUT2D eigenvalue weighted by molar-refractivity contribution is 4.86. The number of allylic oxidation sites excluding steroid dienone is 1. The summed E-state index contributed by atoms with van der Waals surface area (Å²) in [7, 11) is 0. The molecule has 122 valence electrons. The van der Waals surface area contributed by atoms with Crippen LogP contribution in [0.4, 0.5) is 0 Å². The average molecular weight is 296 g/mol. The smallest absolute Gasteiger partial charge is 0.0678 e. The van der Waals surface area contributed by atoms with Crippen molar-refractivity contribution in [2.75, 3.05) is 32.7 Å². The quantitative estimate of drug-likeness (QED) is 0.728. The maximum absolute atomic E-state index is 10.1. The van der Waals surface area contributed by atoms with Crippen molar-refractivity contribution in [3.05, 3.63) is 12.7 Å². The molecule has 1 N–H and O–H groups in total. The molecule has 4 atom stereocenters. The predicted molar refractivity (Wildman–Crippen MR) is 86.5 cm³/mol. The zero-order valence-corrected chi connectivity index (χ0v) is 13.7. The number of β-amino-alcohol motifs (C(OH)–C–C–N with tert-alkyl or cyclic N) is 1. The van der Waals surface area contributed by atoms with Gasteiger partial charge in [-0.15, -0.1) is 6.58 Å². The number of morpholine rings is 1. The second-order valence-corrected chi connectivity index (χ2v) is 6.79. The van der Waals surface area contributed by atoms with Crippen LogP contribution < -0.4 is 0 Å². The number of ether oxygens (including phenoxy) is 1. The van der Waals surface area contributed by atoms with Crippen LogP contribution in [0.2, 0.25) is 0 Å². The zero-order valence-electron chi connectivity index (χ0n) is 13.7. The van der Waals surface area contributed by atoms with E-state index in [-0.39, 0.29) is 6.10 Å². The van der Waals surface area contributed by atoms with E-state index in [4.69, 9.17) is 4.74 Å². The molecule has 2 rings (SSSR count). The van der Waals surface area contributed by atoms with Crippen LogP contribution in [0.15, 0.2) is 12.7 Å². The van der Waals surface area contributed by atoms with E-state index in [1.54, 1.807) is 0 Å². The Kier molecular flexibility index (Phi) is 6.68. The molecule has 0 aromatic heterocycles. The molecular formula is C17H32N2O2. The summed E-state index contributed by atoms with van der Waals surface area (Å²) in [4.78, 5) is 5.02. The third-order valence-corrected chi connectivity index (χ3v) is 4.61. The highest BCUT2D eigenvalue weighted by Gasteiger charge is 2.30. The van der Waals surface area contributed by atoms with Gasteiger partial charge in [0.05, 0.1) is 18.3 Å². The summed E-state index contributed by atoms with van der Waals surface area (Å²) in [5.41, 5.74) is 0. The SMILES string of the molecule is C=CCCC(O)CN1CCCC1CN1CC(C)OC(C)C1. The van der Waals surface area contributed by atoms with Gasteiger partial charge in [-0.05, 0) is 46.1 Å². The largest absolute Gasteiger partial charge is 0.392 e. The van der Waals surface area contributed by atoms with Crippen molar-refractivity contribution >= 4 is 0 Å². The van der Waals surface area contributed by atoms with Gasteiger partial charge < -0.3 is 9.84 Å². The van der Waals surface area contributed by atoms with E-state index >= 15 is 0 Å². The molecule has 2 fully saturated rings. The lowest BCUT2D eigenvalue weighted by Crippen LogP contribution is -2.50. The fourth-order valence-corrected chi connectivity index (χ4v) is 3.75. The number of aliphatic hydroxyl groups excluding tert-OH is 1. The summed E-state index contributed by atoms with van der Waals surface area (Å²) in [5.74, 6) is 0. The van der Waals surface area contributed by atoms with E-state index in [0.717, 1.165) is 45.6 Å². The molecule has 2 saturated heterocycles. The summed E-state index contributed by atoms with van der Waals surface area (Å²) in [5, 5.41) is 10.1. The molecule has 0 saturated carbocycles. The first-order valence-corrected chi connectivity index (χ1v) is 8.49. The predicted octanol–water partition coefficient (Wildman–Crippen LogP) is 1.89. The van der Waals surface area contributed by atoms with E-state index in [9.17, 15) is 5.11 Å². The highest BCUT2D eigenvalue weighted by atomic mass is 16.5. The van der Waals surface area contributed by atoms with Gasteiger partial charge in [0.2, 0.25) is 0 Å². The third-order valence-electron chi connectivity index (χ3n) is 4.61. The Morgan fingerprint density at radius 2 is 2.05 bits per heavy atom. The Morgan fingerprint density at radius 3 is 2.71 bits per heavy atom. The van der Waals surface area contributed by atoms with Gasteiger partial charge in [0.25, 0.3) is 0 Å². The number of hydrogen-bond donors (Lipinski definition) is 1. The van der Waals surface area contributed by atoms with Crippen molar-refractivity contribution in [3.8, 4) is 0 Å². The maximum atomic E-state index is 10.1. The van der Waals surface area contributed by atoms with Crippen LogP contribution >= 0.6 is 0 Å². The van der Waals surface area contributed by atoms with Gasteiger partial charge in [-0.2, -0.15) is 0 Å². The second-order valence-electron chi connectivity index (χ2n) is 6.79. The fraction of sp³-hybridized carbons (Fsp3) is 0.882. The number of rotatable bonds is 7. The molecule has 0 amide bonds. The molecule has 21 heavy (non-hydrogen) atoms. The summed E-state index contributed by atoms with van der Waals surface area (Å²) in [6.07, 6.45) is 6.59. The van der Waals surface area contributed by atoms with Crippen molar-refractivity contribution in [1.82, 2.24) is 9.80 Å². The van der Waals surface area contributed by atoms with Gasteiger partial charge in [0, 0.05) is 32.2 Å². The van der Waals surface area contributed by atoms with Gasteiger partial charge in [0.15, 0.2) is 0 Å². The molecule has 4 unspecified atom stereocenters. The third kappa shape index (κ3) is 5.37. The summed E-state index contributed by atoms with van der Waals surface area (Å²) in [6, 6.07) is 0.598. The normalized spacial score (nSPS) is 33.2.